The molecule has 0 heterocycles. The van der Waals surface area contributed by atoms with Crippen molar-refractivity contribution in [2.75, 3.05) is 0 Å². The topological polar surface area (TPSA) is 83.5 Å². The molecule has 0 saturated carbocycles. The van der Waals surface area contributed by atoms with Gasteiger partial charge in [0.1, 0.15) is 6.04 Å². The highest BCUT2D eigenvalue weighted by atomic mass is 32.2. The average molecular weight is 223 g/mol. The molecule has 0 fully saturated rings. The first-order chi connectivity index (χ1) is 6.18. The number of aliphatic carboxylic acids is 1. The molecule has 0 aliphatic heterocycles. The standard InChI is InChI=1S/C8H17NO4S/c1-5(2)7(8(10)11)9-14(12,13)6(3)4/h5-7,9H,1-4H3,(H,10,11). The zero-order chi connectivity index (χ0) is 11.5. The molecule has 0 aromatic rings. The summed E-state index contributed by atoms with van der Waals surface area (Å²) < 4.78 is 24.9. The van der Waals surface area contributed by atoms with E-state index in [1.165, 1.54) is 13.8 Å². The number of nitrogens with one attached hydrogen (secondary N) is 1. The monoisotopic (exact) mass is 223 g/mol. The maximum atomic E-state index is 11.4. The second-order valence-electron chi connectivity index (χ2n) is 3.77. The molecule has 6 heteroatoms. The van der Waals surface area contributed by atoms with Gasteiger partial charge in [-0.3, -0.25) is 4.79 Å². The fraction of sp³-hybridized carbons (Fsp3) is 0.875. The Morgan fingerprint density at radius 1 is 1.21 bits per heavy atom. The lowest BCUT2D eigenvalue weighted by atomic mass is 10.1. The van der Waals surface area contributed by atoms with Gasteiger partial charge in [0.25, 0.3) is 0 Å². The summed E-state index contributed by atoms with van der Waals surface area (Å²) >= 11 is 0. The summed E-state index contributed by atoms with van der Waals surface area (Å²) in [4.78, 5) is 10.7. The average Bonchev–Trinajstić information content (AvgIpc) is 1.98. The van der Waals surface area contributed by atoms with Crippen LogP contribution < -0.4 is 4.72 Å². The largest absolute Gasteiger partial charge is 0.480 e. The van der Waals surface area contributed by atoms with E-state index in [0.29, 0.717) is 0 Å². The first-order valence-electron chi connectivity index (χ1n) is 4.42. The molecule has 0 aliphatic carbocycles. The second-order valence-corrected chi connectivity index (χ2v) is 6.04. The summed E-state index contributed by atoms with van der Waals surface area (Å²) in [6, 6.07) is -1.05. The number of carboxylic acid groups (broad SMARTS) is 1. The van der Waals surface area contributed by atoms with Gasteiger partial charge in [0, 0.05) is 0 Å². The quantitative estimate of drug-likeness (QED) is 0.707. The lowest BCUT2D eigenvalue weighted by Crippen LogP contribution is -2.46. The first kappa shape index (κ1) is 13.4. The maximum absolute atomic E-state index is 11.4. The predicted molar refractivity (Wildman–Crippen MR) is 53.5 cm³/mol. The van der Waals surface area contributed by atoms with E-state index in [2.05, 4.69) is 4.72 Å². The Bertz CT molecular complexity index is 294. The molecule has 0 radical (unpaired) electrons. The van der Waals surface area contributed by atoms with Crippen molar-refractivity contribution < 1.29 is 18.3 Å². The van der Waals surface area contributed by atoms with Crippen molar-refractivity contribution in [1.29, 1.82) is 0 Å². The van der Waals surface area contributed by atoms with Gasteiger partial charge in [0.05, 0.1) is 5.25 Å². The normalized spacial score (nSPS) is 14.7. The Morgan fingerprint density at radius 3 is 1.86 bits per heavy atom. The predicted octanol–water partition coefficient (Wildman–Crippen LogP) is 0.423. The summed E-state index contributed by atoms with van der Waals surface area (Å²) in [7, 11) is -3.52. The Hall–Kier alpha value is -0.620. The highest BCUT2D eigenvalue weighted by Crippen LogP contribution is 2.06. The third-order valence-corrected chi connectivity index (χ3v) is 3.67. The van der Waals surface area contributed by atoms with Crippen molar-refractivity contribution in [3.8, 4) is 0 Å². The van der Waals surface area contributed by atoms with Crippen molar-refractivity contribution in [3.63, 3.8) is 0 Å². The minimum Gasteiger partial charge on any atom is -0.480 e. The zero-order valence-electron chi connectivity index (χ0n) is 8.81. The van der Waals surface area contributed by atoms with Crippen LogP contribution in [0.15, 0.2) is 0 Å². The summed E-state index contributed by atoms with van der Waals surface area (Å²) in [6.07, 6.45) is 0. The lowest BCUT2D eigenvalue weighted by Gasteiger charge is -2.19. The number of sulfonamides is 1. The van der Waals surface area contributed by atoms with E-state index < -0.39 is 27.3 Å². The minimum absolute atomic E-state index is 0.277. The highest BCUT2D eigenvalue weighted by Gasteiger charge is 2.28. The molecule has 0 aliphatic rings. The summed E-state index contributed by atoms with van der Waals surface area (Å²) in [5.41, 5.74) is 0. The number of carbonyl (C=O) groups is 1. The van der Waals surface area contributed by atoms with E-state index in [4.69, 9.17) is 5.11 Å². The van der Waals surface area contributed by atoms with Crippen LogP contribution in [0.25, 0.3) is 0 Å². The Kier molecular flexibility index (Phi) is 4.54. The Morgan fingerprint density at radius 2 is 1.64 bits per heavy atom. The van der Waals surface area contributed by atoms with E-state index in [0.717, 1.165) is 0 Å². The number of rotatable bonds is 5. The van der Waals surface area contributed by atoms with E-state index >= 15 is 0 Å². The van der Waals surface area contributed by atoms with Crippen molar-refractivity contribution in [1.82, 2.24) is 4.72 Å². The molecule has 0 saturated heterocycles. The molecule has 5 nitrogen and oxygen atoms in total. The molecular weight excluding hydrogens is 206 g/mol. The van der Waals surface area contributed by atoms with Crippen LogP contribution in [0.2, 0.25) is 0 Å². The van der Waals surface area contributed by atoms with Crippen LogP contribution in [0.1, 0.15) is 27.7 Å². The summed E-state index contributed by atoms with van der Waals surface area (Å²) in [6.45, 7) is 6.31. The fourth-order valence-electron chi connectivity index (χ4n) is 0.785. The molecule has 1 atom stereocenters. The molecule has 2 N–H and O–H groups in total. The molecule has 0 aromatic heterocycles. The highest BCUT2D eigenvalue weighted by molar-refractivity contribution is 7.90. The van der Waals surface area contributed by atoms with Crippen LogP contribution in [0, 0.1) is 5.92 Å². The molecular formula is C8H17NO4S. The zero-order valence-corrected chi connectivity index (χ0v) is 9.63. The van der Waals surface area contributed by atoms with Gasteiger partial charge >= 0.3 is 5.97 Å². The van der Waals surface area contributed by atoms with Gasteiger partial charge in [-0.05, 0) is 19.8 Å². The van der Waals surface area contributed by atoms with Gasteiger partial charge < -0.3 is 5.11 Å². The van der Waals surface area contributed by atoms with Crippen molar-refractivity contribution >= 4 is 16.0 Å². The van der Waals surface area contributed by atoms with E-state index in [1.807, 2.05) is 0 Å². The molecule has 1 unspecified atom stereocenters. The maximum Gasteiger partial charge on any atom is 0.321 e. The van der Waals surface area contributed by atoms with Crippen LogP contribution in [-0.2, 0) is 14.8 Å². The van der Waals surface area contributed by atoms with Crippen molar-refractivity contribution in [2.45, 2.75) is 39.0 Å². The van der Waals surface area contributed by atoms with E-state index in [-0.39, 0.29) is 5.92 Å². The Balaban J connectivity index is 4.71. The van der Waals surface area contributed by atoms with Gasteiger partial charge in [0.15, 0.2) is 0 Å². The Labute approximate surface area is 84.6 Å². The molecule has 84 valence electrons. The smallest absolute Gasteiger partial charge is 0.321 e. The molecule has 0 rings (SSSR count). The second kappa shape index (κ2) is 4.75. The van der Waals surface area contributed by atoms with Gasteiger partial charge in [-0.2, -0.15) is 0 Å². The van der Waals surface area contributed by atoms with Crippen LogP contribution in [-0.4, -0.2) is 30.8 Å². The van der Waals surface area contributed by atoms with Crippen molar-refractivity contribution in [2.24, 2.45) is 5.92 Å². The van der Waals surface area contributed by atoms with E-state index in [1.54, 1.807) is 13.8 Å². The number of carboxylic acids is 1. The van der Waals surface area contributed by atoms with Crippen LogP contribution in [0.5, 0.6) is 0 Å². The summed E-state index contributed by atoms with van der Waals surface area (Å²) in [5, 5.41) is 8.14. The van der Waals surface area contributed by atoms with Gasteiger partial charge in [-0.1, -0.05) is 13.8 Å². The first-order valence-corrected chi connectivity index (χ1v) is 5.97. The van der Waals surface area contributed by atoms with Gasteiger partial charge in [-0.15, -0.1) is 0 Å². The molecule has 0 bridgehead atoms. The fourth-order valence-corrected chi connectivity index (χ4v) is 1.78. The number of hydrogen-bond acceptors (Lipinski definition) is 3. The number of hydrogen-bond donors (Lipinski definition) is 2. The van der Waals surface area contributed by atoms with E-state index in [9.17, 15) is 13.2 Å². The molecule has 0 amide bonds. The van der Waals surface area contributed by atoms with Crippen LogP contribution >= 0.6 is 0 Å². The van der Waals surface area contributed by atoms with Crippen LogP contribution in [0.4, 0.5) is 0 Å². The SMILES string of the molecule is CC(C)C(NS(=O)(=O)C(C)C)C(=O)O. The lowest BCUT2D eigenvalue weighted by molar-refractivity contribution is -0.140. The van der Waals surface area contributed by atoms with Crippen molar-refractivity contribution in [3.05, 3.63) is 0 Å². The molecule has 14 heavy (non-hydrogen) atoms. The van der Waals surface area contributed by atoms with Crippen LogP contribution in [0.3, 0.4) is 0 Å². The molecule has 0 spiro atoms. The van der Waals surface area contributed by atoms with Gasteiger partial charge in [0.2, 0.25) is 10.0 Å². The third kappa shape index (κ3) is 3.63. The molecule has 0 aromatic carbocycles. The third-order valence-electron chi connectivity index (χ3n) is 1.84. The van der Waals surface area contributed by atoms with Gasteiger partial charge in [-0.25, -0.2) is 13.1 Å². The summed E-state index contributed by atoms with van der Waals surface area (Å²) in [5.74, 6) is -1.43. The minimum atomic E-state index is -3.52.